The highest BCUT2D eigenvalue weighted by atomic mass is 35.5. The summed E-state index contributed by atoms with van der Waals surface area (Å²) in [5, 5.41) is 10.7. The lowest BCUT2D eigenvalue weighted by Gasteiger charge is -2.12. The van der Waals surface area contributed by atoms with E-state index in [0.29, 0.717) is 0 Å². The summed E-state index contributed by atoms with van der Waals surface area (Å²) in [6.45, 7) is 3.84. The summed E-state index contributed by atoms with van der Waals surface area (Å²) in [5.41, 5.74) is 0.508. The second-order valence-electron chi connectivity index (χ2n) is 4.97. The largest absolute Gasteiger partial charge is 0.454 e. The van der Waals surface area contributed by atoms with Crippen LogP contribution in [0.15, 0.2) is 30.3 Å². The summed E-state index contributed by atoms with van der Waals surface area (Å²) in [6.07, 6.45) is 0. The maximum absolute atomic E-state index is 13.6. The van der Waals surface area contributed by atoms with E-state index in [1.807, 2.05) is 13.8 Å². The molecule has 116 valence electrons. The summed E-state index contributed by atoms with van der Waals surface area (Å²) in [5.74, 6) is -0.0631. The van der Waals surface area contributed by atoms with Gasteiger partial charge in [0, 0.05) is 18.2 Å². The quantitative estimate of drug-likeness (QED) is 0.508. The van der Waals surface area contributed by atoms with E-state index in [1.165, 1.54) is 12.1 Å². The van der Waals surface area contributed by atoms with E-state index in [-0.39, 0.29) is 33.1 Å². The van der Waals surface area contributed by atoms with Crippen molar-refractivity contribution < 1.29 is 14.1 Å². The van der Waals surface area contributed by atoms with Gasteiger partial charge in [-0.05, 0) is 23.6 Å². The van der Waals surface area contributed by atoms with Gasteiger partial charge in [0.1, 0.15) is 11.6 Å². The zero-order chi connectivity index (χ0) is 16.4. The van der Waals surface area contributed by atoms with E-state index in [0.717, 1.165) is 17.7 Å². The van der Waals surface area contributed by atoms with Crippen LogP contribution in [0.5, 0.6) is 11.5 Å². The zero-order valence-corrected chi connectivity index (χ0v) is 13.3. The van der Waals surface area contributed by atoms with Crippen LogP contribution < -0.4 is 4.74 Å². The minimum atomic E-state index is -0.611. The van der Waals surface area contributed by atoms with Crippen LogP contribution in [0, 0.1) is 15.9 Å². The highest BCUT2D eigenvalue weighted by molar-refractivity contribution is 6.37. The number of non-ortho nitro benzene ring substituents is 1. The molecule has 0 aliphatic carbocycles. The Bertz CT molecular complexity index is 712. The number of nitro benzene ring substituents is 1. The minimum absolute atomic E-state index is 0.0189. The van der Waals surface area contributed by atoms with Gasteiger partial charge in [-0.1, -0.05) is 37.0 Å². The lowest BCUT2D eigenvalue weighted by molar-refractivity contribution is -0.384. The number of ether oxygens (including phenoxy) is 1. The van der Waals surface area contributed by atoms with Gasteiger partial charge in [0.25, 0.3) is 5.69 Å². The number of nitro groups is 1. The predicted octanol–water partition coefficient (Wildman–Crippen LogP) is 5.96. The Balaban J connectivity index is 2.41. The fraction of sp³-hybridized carbons (Fsp3) is 0.200. The normalized spacial score (nSPS) is 10.8. The van der Waals surface area contributed by atoms with Crippen molar-refractivity contribution in [2.45, 2.75) is 19.8 Å². The van der Waals surface area contributed by atoms with Gasteiger partial charge in [-0.3, -0.25) is 10.1 Å². The van der Waals surface area contributed by atoms with Gasteiger partial charge >= 0.3 is 0 Å². The van der Waals surface area contributed by atoms with E-state index in [1.54, 1.807) is 6.07 Å². The van der Waals surface area contributed by atoms with Crippen LogP contribution in [-0.2, 0) is 0 Å². The number of hydrogen-bond donors (Lipinski definition) is 0. The van der Waals surface area contributed by atoms with Crippen LogP contribution >= 0.6 is 23.2 Å². The van der Waals surface area contributed by atoms with Gasteiger partial charge in [0.2, 0.25) is 0 Å². The molecule has 0 aliphatic rings. The summed E-state index contributed by atoms with van der Waals surface area (Å²) >= 11 is 11.9. The molecular weight excluding hydrogens is 332 g/mol. The molecule has 2 aromatic rings. The summed E-state index contributed by atoms with van der Waals surface area (Å²) in [4.78, 5) is 10.1. The number of rotatable bonds is 4. The molecule has 4 nitrogen and oxygen atoms in total. The first-order valence-electron chi connectivity index (χ1n) is 6.39. The highest BCUT2D eigenvalue weighted by Gasteiger charge is 2.17. The van der Waals surface area contributed by atoms with Gasteiger partial charge in [0.05, 0.1) is 15.0 Å². The van der Waals surface area contributed by atoms with Crippen molar-refractivity contribution in [3.63, 3.8) is 0 Å². The lowest BCUT2D eigenvalue weighted by atomic mass is 10.0. The van der Waals surface area contributed by atoms with Crippen molar-refractivity contribution >= 4 is 28.9 Å². The monoisotopic (exact) mass is 343 g/mol. The van der Waals surface area contributed by atoms with Crippen molar-refractivity contribution in [1.29, 1.82) is 0 Å². The molecule has 2 rings (SSSR count). The van der Waals surface area contributed by atoms with Crippen molar-refractivity contribution in [3.8, 4) is 11.5 Å². The number of benzene rings is 2. The van der Waals surface area contributed by atoms with Crippen molar-refractivity contribution in [2.75, 3.05) is 0 Å². The molecule has 0 fully saturated rings. The molecular formula is C15H12Cl2FNO3. The van der Waals surface area contributed by atoms with Crippen LogP contribution in [0.2, 0.25) is 10.0 Å². The predicted molar refractivity (Wildman–Crippen MR) is 83.7 cm³/mol. The topological polar surface area (TPSA) is 52.4 Å². The Morgan fingerprint density at radius 1 is 1.14 bits per heavy atom. The molecule has 22 heavy (non-hydrogen) atoms. The molecule has 0 saturated carbocycles. The fourth-order valence-corrected chi connectivity index (χ4v) is 2.40. The molecule has 0 aliphatic heterocycles. The first-order valence-corrected chi connectivity index (χ1v) is 7.15. The SMILES string of the molecule is CC(C)c1cc(F)cc(Oc2c(Cl)cc([N+](=O)[O-])cc2Cl)c1. The third-order valence-corrected chi connectivity index (χ3v) is 3.54. The summed E-state index contributed by atoms with van der Waals surface area (Å²) in [6, 6.07) is 6.54. The van der Waals surface area contributed by atoms with Crippen LogP contribution in [0.25, 0.3) is 0 Å². The number of nitrogens with zero attached hydrogens (tertiary/aromatic N) is 1. The molecule has 0 amide bonds. The van der Waals surface area contributed by atoms with E-state index < -0.39 is 10.7 Å². The number of hydrogen-bond acceptors (Lipinski definition) is 3. The van der Waals surface area contributed by atoms with E-state index >= 15 is 0 Å². The van der Waals surface area contributed by atoms with Gasteiger partial charge in [-0.2, -0.15) is 0 Å². The van der Waals surface area contributed by atoms with Crippen LogP contribution in [0.3, 0.4) is 0 Å². The summed E-state index contributed by atoms with van der Waals surface area (Å²) < 4.78 is 19.1. The minimum Gasteiger partial charge on any atom is -0.454 e. The average Bonchev–Trinajstić information content (AvgIpc) is 2.41. The maximum Gasteiger partial charge on any atom is 0.272 e. The first kappa shape index (κ1) is 16.5. The van der Waals surface area contributed by atoms with Crippen LogP contribution in [0.4, 0.5) is 10.1 Å². The van der Waals surface area contributed by atoms with E-state index in [9.17, 15) is 14.5 Å². The van der Waals surface area contributed by atoms with Crippen molar-refractivity contribution in [3.05, 3.63) is 61.9 Å². The Morgan fingerprint density at radius 2 is 1.73 bits per heavy atom. The molecule has 0 radical (unpaired) electrons. The molecule has 0 aromatic heterocycles. The molecule has 0 bridgehead atoms. The molecule has 0 spiro atoms. The van der Waals surface area contributed by atoms with Gasteiger partial charge in [0.15, 0.2) is 5.75 Å². The van der Waals surface area contributed by atoms with Crippen molar-refractivity contribution in [2.24, 2.45) is 0 Å². The molecule has 0 unspecified atom stereocenters. The van der Waals surface area contributed by atoms with Crippen LogP contribution in [-0.4, -0.2) is 4.92 Å². The van der Waals surface area contributed by atoms with Crippen molar-refractivity contribution in [1.82, 2.24) is 0 Å². The maximum atomic E-state index is 13.6. The van der Waals surface area contributed by atoms with E-state index in [4.69, 9.17) is 27.9 Å². The lowest BCUT2D eigenvalue weighted by Crippen LogP contribution is -1.94. The highest BCUT2D eigenvalue weighted by Crippen LogP contribution is 2.40. The molecule has 2 aromatic carbocycles. The van der Waals surface area contributed by atoms with Gasteiger partial charge in [-0.15, -0.1) is 0 Å². The Labute approximate surface area is 136 Å². The second kappa shape index (κ2) is 6.50. The standard InChI is InChI=1S/C15H12Cl2FNO3/c1-8(2)9-3-10(18)5-12(4-9)22-15-13(16)6-11(19(20)21)7-14(15)17/h3-8H,1-2H3. The third kappa shape index (κ3) is 3.67. The van der Waals surface area contributed by atoms with Gasteiger partial charge in [-0.25, -0.2) is 4.39 Å². The molecule has 0 heterocycles. The smallest absolute Gasteiger partial charge is 0.272 e. The molecule has 7 heteroatoms. The molecule has 0 saturated heterocycles. The second-order valence-corrected chi connectivity index (χ2v) is 5.79. The fourth-order valence-electron chi connectivity index (χ4n) is 1.84. The zero-order valence-electron chi connectivity index (χ0n) is 11.8. The van der Waals surface area contributed by atoms with Gasteiger partial charge < -0.3 is 4.74 Å². The van der Waals surface area contributed by atoms with E-state index in [2.05, 4.69) is 0 Å². The first-order chi connectivity index (χ1) is 10.3. The number of halogens is 3. The average molecular weight is 344 g/mol. The Morgan fingerprint density at radius 3 is 2.23 bits per heavy atom. The molecule has 0 N–H and O–H groups in total. The van der Waals surface area contributed by atoms with Crippen LogP contribution in [0.1, 0.15) is 25.3 Å². The third-order valence-electron chi connectivity index (χ3n) is 2.97. The summed E-state index contributed by atoms with van der Waals surface area (Å²) in [7, 11) is 0. The Hall–Kier alpha value is -1.85. The Kier molecular flexibility index (Phi) is 4.88. The molecule has 0 atom stereocenters.